The highest BCUT2D eigenvalue weighted by Gasteiger charge is 2.29. The quantitative estimate of drug-likeness (QED) is 0.672. The lowest BCUT2D eigenvalue weighted by Crippen LogP contribution is -2.38. The van der Waals surface area contributed by atoms with Crippen molar-refractivity contribution < 1.29 is 8.42 Å². The minimum Gasteiger partial charge on any atom is -0.312 e. The van der Waals surface area contributed by atoms with Crippen molar-refractivity contribution in [3.8, 4) is 0 Å². The monoisotopic (exact) mass is 414 g/mol. The molecule has 0 amide bonds. The number of nitrogens with zero attached hydrogens (tertiary/aromatic N) is 1. The Morgan fingerprint density at radius 1 is 1.48 bits per heavy atom. The Labute approximate surface area is 144 Å². The molecule has 0 aliphatic carbocycles. The molecule has 122 valence electrons. The Bertz CT molecular complexity index is 546. The van der Waals surface area contributed by atoms with E-state index in [-0.39, 0.29) is 6.04 Å². The highest BCUT2D eigenvalue weighted by Crippen LogP contribution is 2.34. The minimum absolute atomic E-state index is 0.0222. The summed E-state index contributed by atoms with van der Waals surface area (Å²) in [5.41, 5.74) is 0. The maximum Gasteiger partial charge on any atom is 0.245 e. The van der Waals surface area contributed by atoms with Crippen LogP contribution in [0.5, 0.6) is 0 Å². The lowest BCUT2D eigenvalue weighted by molar-refractivity contribution is 0.385. The molecule has 0 aliphatic heterocycles. The van der Waals surface area contributed by atoms with Crippen molar-refractivity contribution in [1.82, 2.24) is 9.62 Å². The molecule has 1 N–H and O–H groups in total. The molecular formula is C13H23BrN2O2S3. The van der Waals surface area contributed by atoms with Gasteiger partial charge < -0.3 is 5.32 Å². The van der Waals surface area contributed by atoms with Crippen LogP contribution in [0, 0.1) is 0 Å². The number of hydrogen-bond donors (Lipinski definition) is 1. The molecule has 0 fully saturated rings. The highest BCUT2D eigenvalue weighted by atomic mass is 79.9. The van der Waals surface area contributed by atoms with Crippen LogP contribution < -0.4 is 5.32 Å². The Kier molecular flexibility index (Phi) is 8.23. The van der Waals surface area contributed by atoms with Crippen molar-refractivity contribution in [3.63, 3.8) is 0 Å². The van der Waals surface area contributed by atoms with Gasteiger partial charge in [-0.1, -0.05) is 13.8 Å². The minimum atomic E-state index is -3.45. The zero-order valence-corrected chi connectivity index (χ0v) is 16.9. The molecule has 4 nitrogen and oxygen atoms in total. The summed E-state index contributed by atoms with van der Waals surface area (Å²) in [7, 11) is -1.78. The van der Waals surface area contributed by atoms with Gasteiger partial charge in [0.05, 0.1) is 3.79 Å². The van der Waals surface area contributed by atoms with Gasteiger partial charge in [-0.05, 0) is 41.2 Å². The summed E-state index contributed by atoms with van der Waals surface area (Å²) >= 11 is 6.55. The van der Waals surface area contributed by atoms with Gasteiger partial charge in [0.25, 0.3) is 0 Å². The van der Waals surface area contributed by atoms with Crippen LogP contribution in [0.2, 0.25) is 0 Å². The standard InChI is InChI=1S/C13H23BrN2O2S3/c1-5-10(9-19-4)16(3)21(17,18)12-7-11(8-15-6-2)20-13(12)14/h7,10,15H,5-6,8-9H2,1-4H3. The lowest BCUT2D eigenvalue weighted by Gasteiger charge is -2.25. The molecule has 1 rings (SSSR count). The van der Waals surface area contributed by atoms with E-state index in [0.29, 0.717) is 15.2 Å². The third kappa shape index (κ3) is 4.94. The van der Waals surface area contributed by atoms with Crippen LogP contribution in [0.4, 0.5) is 0 Å². The Balaban J connectivity index is 3.03. The molecule has 0 spiro atoms. The largest absolute Gasteiger partial charge is 0.312 e. The molecule has 8 heteroatoms. The van der Waals surface area contributed by atoms with E-state index in [2.05, 4.69) is 21.2 Å². The van der Waals surface area contributed by atoms with E-state index < -0.39 is 10.0 Å². The average molecular weight is 415 g/mol. The normalized spacial score (nSPS) is 13.8. The number of halogens is 1. The molecule has 0 saturated carbocycles. The molecule has 0 aliphatic rings. The van der Waals surface area contributed by atoms with Gasteiger partial charge in [-0.15, -0.1) is 11.3 Å². The first-order chi connectivity index (χ1) is 9.88. The third-order valence-electron chi connectivity index (χ3n) is 3.26. The fraction of sp³-hybridized carbons (Fsp3) is 0.692. The summed E-state index contributed by atoms with van der Waals surface area (Å²) in [6.07, 6.45) is 2.81. The molecular weight excluding hydrogens is 392 g/mol. The summed E-state index contributed by atoms with van der Waals surface area (Å²) < 4.78 is 27.8. The zero-order valence-electron chi connectivity index (χ0n) is 12.8. The number of sulfonamides is 1. The zero-order chi connectivity index (χ0) is 16.0. The van der Waals surface area contributed by atoms with Crippen LogP contribution in [0.15, 0.2) is 14.7 Å². The van der Waals surface area contributed by atoms with Crippen molar-refractivity contribution in [3.05, 3.63) is 14.7 Å². The van der Waals surface area contributed by atoms with Crippen molar-refractivity contribution in [2.75, 3.05) is 25.6 Å². The van der Waals surface area contributed by atoms with Gasteiger partial charge in [0.15, 0.2) is 0 Å². The first-order valence-corrected chi connectivity index (χ1v) is 11.3. The van der Waals surface area contributed by atoms with E-state index in [4.69, 9.17) is 0 Å². The Morgan fingerprint density at radius 2 is 2.14 bits per heavy atom. The van der Waals surface area contributed by atoms with Gasteiger partial charge in [-0.3, -0.25) is 0 Å². The van der Waals surface area contributed by atoms with Gasteiger partial charge in [0.1, 0.15) is 4.90 Å². The number of nitrogens with one attached hydrogen (secondary N) is 1. The third-order valence-corrected chi connectivity index (χ3v) is 8.14. The molecule has 0 bridgehead atoms. The van der Waals surface area contributed by atoms with Gasteiger partial charge in [0, 0.05) is 30.3 Å². The lowest BCUT2D eigenvalue weighted by atomic mass is 10.3. The second-order valence-electron chi connectivity index (χ2n) is 4.67. The number of rotatable bonds is 9. The molecule has 1 unspecified atom stereocenters. The molecule has 0 aromatic carbocycles. The van der Waals surface area contributed by atoms with Gasteiger partial charge in [0.2, 0.25) is 10.0 Å². The Morgan fingerprint density at radius 3 is 2.67 bits per heavy atom. The Hall–Kier alpha value is 0.400. The fourth-order valence-electron chi connectivity index (χ4n) is 1.93. The van der Waals surface area contributed by atoms with Crippen molar-refractivity contribution in [2.24, 2.45) is 0 Å². The van der Waals surface area contributed by atoms with E-state index in [9.17, 15) is 8.42 Å². The first kappa shape index (κ1) is 19.4. The second kappa shape index (κ2) is 8.88. The molecule has 0 saturated heterocycles. The average Bonchev–Trinajstić information content (AvgIpc) is 2.83. The van der Waals surface area contributed by atoms with Crippen LogP contribution in [0.25, 0.3) is 0 Å². The summed E-state index contributed by atoms with van der Waals surface area (Å²) in [4.78, 5) is 1.40. The second-order valence-corrected chi connectivity index (χ2v) is 10.0. The maximum atomic E-state index is 12.8. The summed E-state index contributed by atoms with van der Waals surface area (Å²) in [6.45, 7) is 5.61. The van der Waals surface area contributed by atoms with Crippen molar-refractivity contribution in [1.29, 1.82) is 0 Å². The number of hydrogen-bond acceptors (Lipinski definition) is 5. The summed E-state index contributed by atoms with van der Waals surface area (Å²) in [6, 6.07) is 1.80. The fourth-order valence-corrected chi connectivity index (χ4v) is 6.90. The van der Waals surface area contributed by atoms with E-state index in [0.717, 1.165) is 23.6 Å². The van der Waals surface area contributed by atoms with Gasteiger partial charge in [-0.25, -0.2) is 8.42 Å². The van der Waals surface area contributed by atoms with Crippen LogP contribution in [-0.2, 0) is 16.6 Å². The van der Waals surface area contributed by atoms with Crippen molar-refractivity contribution in [2.45, 2.75) is 37.8 Å². The molecule has 21 heavy (non-hydrogen) atoms. The molecule has 1 heterocycles. The predicted octanol–water partition coefficient (Wildman–Crippen LogP) is 3.38. The number of thioether (sulfide) groups is 1. The van der Waals surface area contributed by atoms with Crippen LogP contribution in [0.3, 0.4) is 0 Å². The van der Waals surface area contributed by atoms with Gasteiger partial charge in [-0.2, -0.15) is 16.1 Å². The summed E-state index contributed by atoms with van der Waals surface area (Å²) in [5.74, 6) is 0.804. The van der Waals surface area contributed by atoms with Crippen molar-refractivity contribution >= 4 is 49.1 Å². The number of thiophene rings is 1. The molecule has 1 aromatic rings. The predicted molar refractivity (Wildman–Crippen MR) is 96.8 cm³/mol. The van der Waals surface area contributed by atoms with E-state index in [1.807, 2.05) is 20.1 Å². The summed E-state index contributed by atoms with van der Waals surface area (Å²) in [5, 5.41) is 3.22. The molecule has 0 radical (unpaired) electrons. The molecule has 1 aromatic heterocycles. The van der Waals surface area contributed by atoms with Gasteiger partial charge >= 0.3 is 0 Å². The van der Waals surface area contributed by atoms with E-state index >= 15 is 0 Å². The van der Waals surface area contributed by atoms with Crippen LogP contribution >= 0.6 is 39.0 Å². The van der Waals surface area contributed by atoms with E-state index in [1.54, 1.807) is 24.9 Å². The topological polar surface area (TPSA) is 49.4 Å². The smallest absolute Gasteiger partial charge is 0.245 e. The maximum absolute atomic E-state index is 12.8. The SMILES string of the molecule is CCNCc1cc(S(=O)(=O)N(C)C(CC)CSC)c(Br)s1. The first-order valence-electron chi connectivity index (χ1n) is 6.84. The van der Waals surface area contributed by atoms with Crippen LogP contribution in [-0.4, -0.2) is 44.4 Å². The van der Waals surface area contributed by atoms with E-state index in [1.165, 1.54) is 15.6 Å². The van der Waals surface area contributed by atoms with Crippen LogP contribution in [0.1, 0.15) is 25.1 Å². The molecule has 1 atom stereocenters. The highest BCUT2D eigenvalue weighted by molar-refractivity contribution is 9.11.